The lowest BCUT2D eigenvalue weighted by atomic mass is 10.0. The number of aryl methyl sites for hydroxylation is 2. The van der Waals surface area contributed by atoms with Crippen LogP contribution in [0.15, 0.2) is 42.5 Å². The minimum atomic E-state index is -0.0831. The Balaban J connectivity index is 1.54. The Bertz CT molecular complexity index is 972. The summed E-state index contributed by atoms with van der Waals surface area (Å²) in [5.41, 5.74) is 4.64. The van der Waals surface area contributed by atoms with Crippen molar-refractivity contribution in [3.63, 3.8) is 0 Å². The van der Waals surface area contributed by atoms with Crippen molar-refractivity contribution >= 4 is 11.6 Å². The molecule has 0 atom stereocenters. The van der Waals surface area contributed by atoms with E-state index in [0.717, 1.165) is 47.0 Å². The van der Waals surface area contributed by atoms with Gasteiger partial charge in [-0.25, -0.2) is 0 Å². The molecule has 0 fully saturated rings. The molecule has 5 nitrogen and oxygen atoms in total. The van der Waals surface area contributed by atoms with Crippen LogP contribution in [-0.4, -0.2) is 20.7 Å². The van der Waals surface area contributed by atoms with Gasteiger partial charge in [0.05, 0.1) is 0 Å². The largest absolute Gasteiger partial charge is 0.322 e. The zero-order chi connectivity index (χ0) is 18.8. The van der Waals surface area contributed by atoms with Gasteiger partial charge in [-0.1, -0.05) is 18.6 Å². The summed E-state index contributed by atoms with van der Waals surface area (Å²) < 4.78 is 2.23. The molecule has 0 radical (unpaired) electrons. The number of aromatic nitrogens is 3. The molecule has 0 spiro atoms. The molecule has 1 N–H and O–H groups in total. The zero-order valence-corrected chi connectivity index (χ0v) is 15.8. The molecule has 27 heavy (non-hydrogen) atoms. The molecule has 2 heterocycles. The van der Waals surface area contributed by atoms with Crippen LogP contribution in [0.1, 0.15) is 46.6 Å². The zero-order valence-electron chi connectivity index (χ0n) is 15.8. The molecule has 0 saturated carbocycles. The maximum absolute atomic E-state index is 12.6. The predicted molar refractivity (Wildman–Crippen MR) is 107 cm³/mol. The minimum Gasteiger partial charge on any atom is -0.322 e. The average Bonchev–Trinajstić information content (AvgIpc) is 2.92. The lowest BCUT2D eigenvalue weighted by Gasteiger charge is -2.10. The number of hydrogen-bond donors (Lipinski definition) is 1. The van der Waals surface area contributed by atoms with Crippen LogP contribution >= 0.6 is 0 Å². The van der Waals surface area contributed by atoms with E-state index < -0.39 is 0 Å². The van der Waals surface area contributed by atoms with Crippen LogP contribution in [0.4, 0.5) is 5.69 Å². The quantitative estimate of drug-likeness (QED) is 0.746. The molecule has 0 unspecified atom stereocenters. The second kappa shape index (κ2) is 7.35. The number of rotatable bonds is 3. The van der Waals surface area contributed by atoms with Crippen LogP contribution in [0.3, 0.4) is 0 Å². The van der Waals surface area contributed by atoms with Gasteiger partial charge >= 0.3 is 0 Å². The Kier molecular flexibility index (Phi) is 4.75. The van der Waals surface area contributed by atoms with Crippen LogP contribution in [-0.2, 0) is 13.0 Å². The monoisotopic (exact) mass is 360 g/mol. The minimum absolute atomic E-state index is 0.0831. The van der Waals surface area contributed by atoms with E-state index in [1.807, 2.05) is 56.3 Å². The Labute approximate surface area is 159 Å². The van der Waals surface area contributed by atoms with Crippen LogP contribution in [0.5, 0.6) is 0 Å². The van der Waals surface area contributed by atoms with E-state index in [1.54, 1.807) is 0 Å². The molecule has 3 aromatic rings. The number of nitrogens with one attached hydrogen (secondary N) is 1. The summed E-state index contributed by atoms with van der Waals surface area (Å²) in [7, 11) is 0. The summed E-state index contributed by atoms with van der Waals surface area (Å²) in [6.07, 6.45) is 4.59. The van der Waals surface area contributed by atoms with Gasteiger partial charge in [0.1, 0.15) is 5.82 Å². The highest BCUT2D eigenvalue weighted by Gasteiger charge is 2.16. The van der Waals surface area contributed by atoms with E-state index >= 15 is 0 Å². The fourth-order valence-corrected chi connectivity index (χ4v) is 3.60. The number of nitrogens with zero attached hydrogens (tertiary/aromatic N) is 3. The van der Waals surface area contributed by atoms with Crippen LogP contribution in [0, 0.1) is 13.8 Å². The molecule has 1 aliphatic heterocycles. The second-order valence-corrected chi connectivity index (χ2v) is 7.18. The smallest absolute Gasteiger partial charge is 0.255 e. The first-order chi connectivity index (χ1) is 13.1. The van der Waals surface area contributed by atoms with Crippen molar-refractivity contribution in [2.75, 3.05) is 5.32 Å². The summed E-state index contributed by atoms with van der Waals surface area (Å²) in [5, 5.41) is 11.7. The van der Waals surface area contributed by atoms with Crippen LogP contribution in [0.25, 0.3) is 11.4 Å². The number of fused-ring (bicyclic) bond motifs is 1. The molecule has 5 heteroatoms. The number of carbonyl (C=O) groups is 1. The molecular formula is C22H24N4O. The van der Waals surface area contributed by atoms with Gasteiger partial charge < -0.3 is 9.88 Å². The molecule has 0 bridgehead atoms. The first-order valence-corrected chi connectivity index (χ1v) is 9.53. The van der Waals surface area contributed by atoms with E-state index in [4.69, 9.17) is 0 Å². The van der Waals surface area contributed by atoms with Gasteiger partial charge in [-0.2, -0.15) is 0 Å². The predicted octanol–water partition coefficient (Wildman–Crippen LogP) is 4.54. The second-order valence-electron chi connectivity index (χ2n) is 7.18. The lowest BCUT2D eigenvalue weighted by molar-refractivity contribution is 0.102. The van der Waals surface area contributed by atoms with Crippen molar-refractivity contribution in [1.82, 2.24) is 14.8 Å². The molecular weight excluding hydrogens is 336 g/mol. The number of benzene rings is 2. The third-order valence-electron chi connectivity index (χ3n) is 5.36. The average molecular weight is 360 g/mol. The highest BCUT2D eigenvalue weighted by atomic mass is 16.1. The normalized spacial score (nSPS) is 13.7. The molecule has 0 aliphatic carbocycles. The number of carbonyl (C=O) groups excluding carboxylic acids is 1. The summed E-state index contributed by atoms with van der Waals surface area (Å²) in [5.74, 6) is 1.91. The van der Waals surface area contributed by atoms with Gasteiger partial charge in [-0.3, -0.25) is 4.79 Å². The Morgan fingerprint density at radius 2 is 1.81 bits per heavy atom. The summed E-state index contributed by atoms with van der Waals surface area (Å²) in [6.45, 7) is 4.97. The standard InChI is InChI=1S/C22H24N4O/c1-15-7-6-8-19(16(15)2)22(27)23-18-12-10-17(11-13-18)21-25-24-20-9-4-3-5-14-26(20)21/h6-8,10-13H,3-5,9,14H2,1-2H3,(H,23,27). The van der Waals surface area contributed by atoms with E-state index in [9.17, 15) is 4.79 Å². The molecule has 1 aromatic heterocycles. The molecule has 1 aliphatic rings. The van der Waals surface area contributed by atoms with Gasteiger partial charge in [0.25, 0.3) is 5.91 Å². The topological polar surface area (TPSA) is 59.8 Å². The Hall–Kier alpha value is -2.95. The van der Waals surface area contributed by atoms with Gasteiger partial charge in [-0.05, 0) is 68.1 Å². The highest BCUT2D eigenvalue weighted by molar-refractivity contribution is 6.05. The Morgan fingerprint density at radius 1 is 1.00 bits per heavy atom. The molecule has 4 rings (SSSR count). The Morgan fingerprint density at radius 3 is 2.63 bits per heavy atom. The molecule has 0 saturated heterocycles. The summed E-state index contributed by atoms with van der Waals surface area (Å²) >= 11 is 0. The summed E-state index contributed by atoms with van der Waals surface area (Å²) in [6, 6.07) is 13.6. The molecule has 138 valence electrons. The maximum atomic E-state index is 12.6. The van der Waals surface area contributed by atoms with Gasteiger partial charge in [0.2, 0.25) is 0 Å². The van der Waals surface area contributed by atoms with Crippen molar-refractivity contribution in [3.05, 3.63) is 65.0 Å². The van der Waals surface area contributed by atoms with Gasteiger partial charge in [0, 0.05) is 29.8 Å². The van der Waals surface area contributed by atoms with Crippen molar-refractivity contribution in [2.24, 2.45) is 0 Å². The van der Waals surface area contributed by atoms with Crippen LogP contribution < -0.4 is 5.32 Å². The lowest BCUT2D eigenvalue weighted by Crippen LogP contribution is -2.13. The van der Waals surface area contributed by atoms with Crippen molar-refractivity contribution in [3.8, 4) is 11.4 Å². The van der Waals surface area contributed by atoms with E-state index in [2.05, 4.69) is 20.1 Å². The van der Waals surface area contributed by atoms with E-state index in [-0.39, 0.29) is 5.91 Å². The first-order valence-electron chi connectivity index (χ1n) is 9.53. The van der Waals surface area contributed by atoms with E-state index in [0.29, 0.717) is 5.56 Å². The number of amides is 1. The molecule has 2 aromatic carbocycles. The fourth-order valence-electron chi connectivity index (χ4n) is 3.60. The third kappa shape index (κ3) is 3.50. The van der Waals surface area contributed by atoms with Crippen LogP contribution in [0.2, 0.25) is 0 Å². The fraction of sp³-hybridized carbons (Fsp3) is 0.318. The number of hydrogen-bond acceptors (Lipinski definition) is 3. The SMILES string of the molecule is Cc1cccc(C(=O)Nc2ccc(-c3nnc4n3CCCCC4)cc2)c1C. The van der Waals surface area contributed by atoms with Gasteiger partial charge in [-0.15, -0.1) is 10.2 Å². The molecule has 1 amide bonds. The van der Waals surface area contributed by atoms with Crippen molar-refractivity contribution < 1.29 is 4.79 Å². The highest BCUT2D eigenvalue weighted by Crippen LogP contribution is 2.24. The maximum Gasteiger partial charge on any atom is 0.255 e. The van der Waals surface area contributed by atoms with E-state index in [1.165, 1.54) is 19.3 Å². The number of anilines is 1. The first kappa shape index (κ1) is 17.5. The van der Waals surface area contributed by atoms with Gasteiger partial charge in [0.15, 0.2) is 5.82 Å². The summed E-state index contributed by atoms with van der Waals surface area (Å²) in [4.78, 5) is 12.6. The van der Waals surface area contributed by atoms with Crippen molar-refractivity contribution in [2.45, 2.75) is 46.1 Å². The van der Waals surface area contributed by atoms with Crippen molar-refractivity contribution in [1.29, 1.82) is 0 Å². The third-order valence-corrected chi connectivity index (χ3v) is 5.36.